The number of anilines is 1. The van der Waals surface area contributed by atoms with Crippen molar-refractivity contribution in [1.29, 1.82) is 0 Å². The van der Waals surface area contributed by atoms with Crippen LogP contribution in [0.2, 0.25) is 0 Å². The SMILES string of the molecule is COc1ccc2cc(CN(C)S(=O)(=O)c3ccc4c(c3)CCC(=O)N4)ccc2c1. The fourth-order valence-electron chi connectivity index (χ4n) is 3.54. The van der Waals surface area contributed by atoms with Crippen molar-refractivity contribution in [2.45, 2.75) is 24.3 Å². The molecule has 7 heteroatoms. The number of hydrogen-bond donors (Lipinski definition) is 1. The number of nitrogens with one attached hydrogen (secondary N) is 1. The summed E-state index contributed by atoms with van der Waals surface area (Å²) in [7, 11) is -0.440. The predicted molar refractivity (Wildman–Crippen MR) is 113 cm³/mol. The molecule has 3 aromatic carbocycles. The van der Waals surface area contributed by atoms with Crippen molar-refractivity contribution in [3.63, 3.8) is 0 Å². The van der Waals surface area contributed by atoms with Crippen molar-refractivity contribution in [2.24, 2.45) is 0 Å². The molecule has 1 aliphatic rings. The molecule has 0 bridgehead atoms. The zero-order chi connectivity index (χ0) is 20.6. The first-order chi connectivity index (χ1) is 13.9. The van der Waals surface area contributed by atoms with Crippen LogP contribution >= 0.6 is 0 Å². The van der Waals surface area contributed by atoms with Crippen molar-refractivity contribution in [1.82, 2.24) is 4.31 Å². The highest BCUT2D eigenvalue weighted by molar-refractivity contribution is 7.89. The summed E-state index contributed by atoms with van der Waals surface area (Å²) in [5.41, 5.74) is 2.44. The van der Waals surface area contributed by atoms with E-state index in [2.05, 4.69) is 5.32 Å². The largest absolute Gasteiger partial charge is 0.497 e. The lowest BCUT2D eigenvalue weighted by molar-refractivity contribution is -0.116. The molecule has 0 saturated carbocycles. The molecule has 1 N–H and O–H groups in total. The van der Waals surface area contributed by atoms with Gasteiger partial charge < -0.3 is 10.1 Å². The number of aryl methyl sites for hydroxylation is 1. The van der Waals surface area contributed by atoms with Gasteiger partial charge >= 0.3 is 0 Å². The van der Waals surface area contributed by atoms with Gasteiger partial charge in [-0.2, -0.15) is 4.31 Å². The van der Waals surface area contributed by atoms with Gasteiger partial charge in [-0.3, -0.25) is 4.79 Å². The molecule has 1 amide bonds. The lowest BCUT2D eigenvalue weighted by Crippen LogP contribution is -2.27. The summed E-state index contributed by atoms with van der Waals surface area (Å²) in [6.45, 7) is 0.262. The molecule has 0 aromatic heterocycles. The zero-order valence-corrected chi connectivity index (χ0v) is 17.1. The van der Waals surface area contributed by atoms with Crippen LogP contribution in [0.1, 0.15) is 17.5 Å². The Morgan fingerprint density at radius 1 is 1.00 bits per heavy atom. The van der Waals surface area contributed by atoms with Crippen molar-refractivity contribution in [2.75, 3.05) is 19.5 Å². The quantitative estimate of drug-likeness (QED) is 0.698. The van der Waals surface area contributed by atoms with Crippen LogP contribution in [0, 0.1) is 0 Å². The van der Waals surface area contributed by atoms with Gasteiger partial charge in [0.25, 0.3) is 0 Å². The molecule has 0 radical (unpaired) electrons. The molecule has 150 valence electrons. The monoisotopic (exact) mass is 410 g/mol. The first kappa shape index (κ1) is 19.4. The van der Waals surface area contributed by atoms with Gasteiger partial charge in [0.15, 0.2) is 0 Å². The van der Waals surface area contributed by atoms with E-state index in [-0.39, 0.29) is 17.3 Å². The fraction of sp³-hybridized carbons (Fsp3) is 0.227. The van der Waals surface area contributed by atoms with Gasteiger partial charge in [-0.25, -0.2) is 8.42 Å². The molecule has 3 aromatic rings. The molecule has 0 unspecified atom stereocenters. The molecular formula is C22H22N2O4S. The summed E-state index contributed by atoms with van der Waals surface area (Å²) in [4.78, 5) is 11.7. The maximum absolute atomic E-state index is 13.1. The molecule has 6 nitrogen and oxygen atoms in total. The minimum Gasteiger partial charge on any atom is -0.497 e. The molecule has 0 spiro atoms. The summed E-state index contributed by atoms with van der Waals surface area (Å²) >= 11 is 0. The van der Waals surface area contributed by atoms with Crippen LogP contribution in [0.3, 0.4) is 0 Å². The molecule has 1 heterocycles. The molecule has 29 heavy (non-hydrogen) atoms. The molecule has 4 rings (SSSR count). The number of amides is 1. The standard InChI is InChI=1S/C22H22N2O4S/c1-24(14-15-3-4-17-12-19(28-2)7-5-16(17)11-15)29(26,27)20-8-9-21-18(13-20)6-10-22(25)23-21/h3-5,7-9,11-13H,6,10,14H2,1-2H3,(H,23,25). The average Bonchev–Trinajstić information content (AvgIpc) is 2.72. The molecular weight excluding hydrogens is 388 g/mol. The molecule has 1 aliphatic heterocycles. The van der Waals surface area contributed by atoms with E-state index in [4.69, 9.17) is 4.74 Å². The highest BCUT2D eigenvalue weighted by Crippen LogP contribution is 2.28. The first-order valence-electron chi connectivity index (χ1n) is 9.32. The topological polar surface area (TPSA) is 75.7 Å². The Labute approximate surface area is 170 Å². The summed E-state index contributed by atoms with van der Waals surface area (Å²) in [5, 5.41) is 4.84. The normalized spacial score (nSPS) is 14.0. The Hall–Kier alpha value is -2.90. The number of methoxy groups -OCH3 is 1. The first-order valence-corrected chi connectivity index (χ1v) is 10.8. The minimum absolute atomic E-state index is 0.0425. The smallest absolute Gasteiger partial charge is 0.243 e. The summed E-state index contributed by atoms with van der Waals surface area (Å²) in [5.74, 6) is 0.743. The zero-order valence-electron chi connectivity index (χ0n) is 16.3. The van der Waals surface area contributed by atoms with E-state index in [1.165, 1.54) is 4.31 Å². The maximum atomic E-state index is 13.1. The van der Waals surface area contributed by atoms with Gasteiger partial charge in [0.05, 0.1) is 12.0 Å². The fourth-order valence-corrected chi connectivity index (χ4v) is 4.75. The second kappa shape index (κ2) is 7.50. The van der Waals surface area contributed by atoms with Gasteiger partial charge in [0, 0.05) is 25.7 Å². The number of sulfonamides is 1. The second-order valence-corrected chi connectivity index (χ2v) is 9.22. The predicted octanol–water partition coefficient (Wildman–Crippen LogP) is 3.55. The van der Waals surface area contributed by atoms with Gasteiger partial charge in [-0.05, 0) is 64.7 Å². The molecule has 0 fully saturated rings. The molecule has 0 saturated heterocycles. The van der Waals surface area contributed by atoms with E-state index in [9.17, 15) is 13.2 Å². The Balaban J connectivity index is 1.58. The molecule has 0 atom stereocenters. The van der Waals surface area contributed by atoms with Crippen LogP contribution in [0.5, 0.6) is 5.75 Å². The number of rotatable bonds is 5. The molecule has 0 aliphatic carbocycles. The second-order valence-electron chi connectivity index (χ2n) is 7.18. The highest BCUT2D eigenvalue weighted by Gasteiger charge is 2.24. The number of carbonyl (C=O) groups excluding carboxylic acids is 1. The van der Waals surface area contributed by atoms with Crippen LogP contribution in [-0.4, -0.2) is 32.8 Å². The van der Waals surface area contributed by atoms with Crippen molar-refractivity contribution in [3.05, 3.63) is 65.7 Å². The lowest BCUT2D eigenvalue weighted by Gasteiger charge is -2.21. The van der Waals surface area contributed by atoms with Gasteiger partial charge in [-0.1, -0.05) is 18.2 Å². The summed E-state index contributed by atoms with van der Waals surface area (Å²) < 4.78 is 32.7. The van der Waals surface area contributed by atoms with Crippen molar-refractivity contribution in [3.8, 4) is 5.75 Å². The maximum Gasteiger partial charge on any atom is 0.243 e. The number of carbonyl (C=O) groups is 1. The van der Waals surface area contributed by atoms with Crippen LogP contribution in [0.25, 0.3) is 10.8 Å². The van der Waals surface area contributed by atoms with Crippen LogP contribution in [-0.2, 0) is 27.8 Å². The van der Waals surface area contributed by atoms with Crippen LogP contribution < -0.4 is 10.1 Å². The van der Waals surface area contributed by atoms with E-state index in [0.29, 0.717) is 18.5 Å². The Kier molecular flexibility index (Phi) is 5.02. The number of ether oxygens (including phenoxy) is 1. The Bertz CT molecular complexity index is 1200. The third-order valence-electron chi connectivity index (χ3n) is 5.20. The minimum atomic E-state index is -3.65. The van der Waals surface area contributed by atoms with Gasteiger partial charge in [0.1, 0.15) is 5.75 Å². The number of nitrogens with zero attached hydrogens (tertiary/aromatic N) is 1. The van der Waals surface area contributed by atoms with E-state index in [0.717, 1.165) is 27.6 Å². The van der Waals surface area contributed by atoms with Gasteiger partial charge in [0.2, 0.25) is 15.9 Å². The summed E-state index contributed by atoms with van der Waals surface area (Å²) in [6, 6.07) is 16.6. The van der Waals surface area contributed by atoms with Gasteiger partial charge in [-0.15, -0.1) is 0 Å². The number of fused-ring (bicyclic) bond motifs is 2. The van der Waals surface area contributed by atoms with Crippen molar-refractivity contribution < 1.29 is 17.9 Å². The third kappa shape index (κ3) is 3.83. The Morgan fingerprint density at radius 3 is 2.55 bits per heavy atom. The Morgan fingerprint density at radius 2 is 1.76 bits per heavy atom. The summed E-state index contributed by atoms with van der Waals surface area (Å²) in [6.07, 6.45) is 0.913. The lowest BCUT2D eigenvalue weighted by atomic mass is 10.0. The number of benzene rings is 3. The van der Waals surface area contributed by atoms with Crippen LogP contribution in [0.4, 0.5) is 5.69 Å². The van der Waals surface area contributed by atoms with E-state index in [1.54, 1.807) is 32.4 Å². The van der Waals surface area contributed by atoms with Crippen LogP contribution in [0.15, 0.2) is 59.5 Å². The third-order valence-corrected chi connectivity index (χ3v) is 7.00. The van der Waals surface area contributed by atoms with E-state index in [1.807, 2.05) is 36.4 Å². The van der Waals surface area contributed by atoms with Crippen molar-refractivity contribution >= 4 is 32.4 Å². The average molecular weight is 410 g/mol. The number of hydrogen-bond acceptors (Lipinski definition) is 4. The van der Waals surface area contributed by atoms with E-state index >= 15 is 0 Å². The van der Waals surface area contributed by atoms with E-state index < -0.39 is 10.0 Å². The highest BCUT2D eigenvalue weighted by atomic mass is 32.2.